The van der Waals surface area contributed by atoms with E-state index in [1.165, 1.54) is 24.1 Å². The highest BCUT2D eigenvalue weighted by atomic mass is 16.2. The molecule has 0 spiro atoms. The maximum atomic E-state index is 12.8. The molecule has 1 aliphatic carbocycles. The molecule has 6 nitrogen and oxygen atoms in total. The average molecular weight is 362 g/mol. The molecule has 0 aliphatic heterocycles. The van der Waals surface area contributed by atoms with E-state index in [1.54, 1.807) is 31.3 Å². The van der Waals surface area contributed by atoms with Crippen molar-refractivity contribution < 1.29 is 9.59 Å². The molecule has 0 fully saturated rings. The van der Waals surface area contributed by atoms with Crippen LogP contribution in [0.3, 0.4) is 0 Å². The van der Waals surface area contributed by atoms with Crippen LogP contribution in [0.2, 0.25) is 0 Å². The normalized spacial score (nSPS) is 13.1. The topological polar surface area (TPSA) is 86.0 Å². The Balaban J connectivity index is 1.56. The Kier molecular flexibility index (Phi) is 4.54. The number of aromatic nitrogens is 1. The minimum absolute atomic E-state index is 0.147. The summed E-state index contributed by atoms with van der Waals surface area (Å²) in [5.41, 5.74) is 5.52. The van der Waals surface area contributed by atoms with E-state index in [0.717, 1.165) is 23.7 Å². The van der Waals surface area contributed by atoms with Crippen LogP contribution in [0, 0.1) is 0 Å². The first-order valence-electron chi connectivity index (χ1n) is 9.18. The number of hydrogen-bond acceptors (Lipinski definition) is 2. The molecular weight excluding hydrogens is 340 g/mol. The Morgan fingerprint density at radius 2 is 1.63 bits per heavy atom. The largest absolute Gasteiger partial charge is 0.358 e. The first-order chi connectivity index (χ1) is 13.2. The van der Waals surface area contributed by atoms with Crippen molar-refractivity contribution in [1.29, 1.82) is 0 Å². The molecule has 0 atom stereocenters. The zero-order chi connectivity index (χ0) is 18.8. The van der Waals surface area contributed by atoms with Crippen molar-refractivity contribution in [2.45, 2.75) is 25.7 Å². The molecule has 3 amide bonds. The highest BCUT2D eigenvalue weighted by Crippen LogP contribution is 2.31. The highest BCUT2D eigenvalue weighted by molar-refractivity contribution is 6.12. The Bertz CT molecular complexity index is 1000. The van der Waals surface area contributed by atoms with Crippen LogP contribution in [-0.4, -0.2) is 24.0 Å². The van der Waals surface area contributed by atoms with Crippen LogP contribution in [-0.2, 0) is 12.8 Å². The second kappa shape index (κ2) is 7.15. The van der Waals surface area contributed by atoms with Crippen molar-refractivity contribution in [1.82, 2.24) is 10.3 Å². The Morgan fingerprint density at radius 3 is 2.37 bits per heavy atom. The van der Waals surface area contributed by atoms with Crippen LogP contribution in [0.15, 0.2) is 42.5 Å². The lowest BCUT2D eigenvalue weighted by Crippen LogP contribution is -2.24. The van der Waals surface area contributed by atoms with Gasteiger partial charge in [-0.2, -0.15) is 0 Å². The number of aromatic amines is 1. The first kappa shape index (κ1) is 17.1. The monoisotopic (exact) mass is 362 g/mol. The molecule has 6 heteroatoms. The van der Waals surface area contributed by atoms with Gasteiger partial charge >= 0.3 is 6.03 Å². The number of hydrogen-bond donors (Lipinski definition) is 4. The van der Waals surface area contributed by atoms with Gasteiger partial charge in [0.1, 0.15) is 0 Å². The van der Waals surface area contributed by atoms with Gasteiger partial charge in [0, 0.05) is 29.5 Å². The van der Waals surface area contributed by atoms with E-state index in [1.807, 2.05) is 12.1 Å². The van der Waals surface area contributed by atoms with E-state index in [9.17, 15) is 9.59 Å². The van der Waals surface area contributed by atoms with Crippen LogP contribution in [0.5, 0.6) is 0 Å². The summed E-state index contributed by atoms with van der Waals surface area (Å²) in [4.78, 5) is 27.7. The molecule has 4 N–H and O–H groups in total. The number of carbonyl (C=O) groups excluding carboxylic acids is 2. The predicted octanol–water partition coefficient (Wildman–Crippen LogP) is 4.05. The molecule has 27 heavy (non-hydrogen) atoms. The molecule has 0 radical (unpaired) electrons. The quantitative estimate of drug-likeness (QED) is 0.566. The number of aryl methyl sites for hydroxylation is 2. The van der Waals surface area contributed by atoms with Gasteiger partial charge in [-0.3, -0.25) is 4.79 Å². The van der Waals surface area contributed by atoms with Gasteiger partial charge in [0.05, 0.1) is 11.1 Å². The van der Waals surface area contributed by atoms with Crippen LogP contribution < -0.4 is 16.0 Å². The van der Waals surface area contributed by atoms with Crippen molar-refractivity contribution in [2.24, 2.45) is 0 Å². The first-order valence-corrected chi connectivity index (χ1v) is 9.18. The zero-order valence-electron chi connectivity index (χ0n) is 15.2. The average Bonchev–Trinajstić information content (AvgIpc) is 3.08. The summed E-state index contributed by atoms with van der Waals surface area (Å²) in [5.74, 6) is -0.147. The molecule has 0 saturated carbocycles. The number of anilines is 2. The zero-order valence-corrected chi connectivity index (χ0v) is 15.2. The molecule has 0 unspecified atom stereocenters. The number of carbonyl (C=O) groups is 2. The number of fused-ring (bicyclic) bond motifs is 3. The summed E-state index contributed by atoms with van der Waals surface area (Å²) in [6, 6.07) is 12.6. The third-order valence-corrected chi connectivity index (χ3v) is 5.01. The fourth-order valence-corrected chi connectivity index (χ4v) is 3.65. The van der Waals surface area contributed by atoms with E-state index in [0.29, 0.717) is 16.9 Å². The minimum Gasteiger partial charge on any atom is -0.358 e. The summed E-state index contributed by atoms with van der Waals surface area (Å²) in [7, 11) is 1.56. The van der Waals surface area contributed by atoms with Crippen LogP contribution in [0.4, 0.5) is 16.2 Å². The lowest BCUT2D eigenvalue weighted by Gasteiger charge is -2.10. The minimum atomic E-state index is -0.283. The van der Waals surface area contributed by atoms with Gasteiger partial charge in [-0.25, -0.2) is 4.79 Å². The highest BCUT2D eigenvalue weighted by Gasteiger charge is 2.19. The van der Waals surface area contributed by atoms with Crippen molar-refractivity contribution in [3.05, 3.63) is 59.3 Å². The number of amides is 3. The van der Waals surface area contributed by atoms with Gasteiger partial charge in [-0.15, -0.1) is 0 Å². The molecule has 1 aromatic heterocycles. The third-order valence-electron chi connectivity index (χ3n) is 5.01. The summed E-state index contributed by atoms with van der Waals surface area (Å²) < 4.78 is 0. The number of nitrogens with one attached hydrogen (secondary N) is 4. The van der Waals surface area contributed by atoms with Crippen molar-refractivity contribution in [3.63, 3.8) is 0 Å². The molecule has 138 valence electrons. The van der Waals surface area contributed by atoms with Gasteiger partial charge in [0.25, 0.3) is 5.91 Å². The third kappa shape index (κ3) is 3.38. The van der Waals surface area contributed by atoms with Gasteiger partial charge in [-0.1, -0.05) is 12.1 Å². The number of para-hydroxylation sites is 1. The lowest BCUT2D eigenvalue weighted by molar-refractivity contribution is 0.102. The van der Waals surface area contributed by atoms with Crippen LogP contribution >= 0.6 is 0 Å². The predicted molar refractivity (Wildman–Crippen MR) is 107 cm³/mol. The second-order valence-electron chi connectivity index (χ2n) is 6.75. The molecule has 3 aromatic rings. The van der Waals surface area contributed by atoms with E-state index in [4.69, 9.17) is 0 Å². The van der Waals surface area contributed by atoms with Gasteiger partial charge in [-0.05, 0) is 61.6 Å². The number of H-pyrrole nitrogens is 1. The SMILES string of the molecule is CNC(=O)Nc1ccc(NC(=O)c2cccc3c4c([nH]c23)CCCC4)cc1. The van der Waals surface area contributed by atoms with Gasteiger partial charge in [0.15, 0.2) is 0 Å². The number of benzene rings is 2. The van der Waals surface area contributed by atoms with Crippen molar-refractivity contribution in [3.8, 4) is 0 Å². The van der Waals surface area contributed by atoms with E-state index in [2.05, 4.69) is 27.0 Å². The molecule has 4 rings (SSSR count). The second-order valence-corrected chi connectivity index (χ2v) is 6.75. The summed E-state index contributed by atoms with van der Waals surface area (Å²) in [6.45, 7) is 0. The number of urea groups is 1. The smallest absolute Gasteiger partial charge is 0.318 e. The maximum Gasteiger partial charge on any atom is 0.318 e. The van der Waals surface area contributed by atoms with Crippen molar-refractivity contribution in [2.75, 3.05) is 17.7 Å². The maximum absolute atomic E-state index is 12.8. The summed E-state index contributed by atoms with van der Waals surface area (Å²) >= 11 is 0. The molecule has 0 saturated heterocycles. The summed E-state index contributed by atoms with van der Waals surface area (Å²) in [5, 5.41) is 9.28. The molecule has 2 aromatic carbocycles. The van der Waals surface area contributed by atoms with Gasteiger partial charge < -0.3 is 20.9 Å². The molecule has 0 bridgehead atoms. The van der Waals surface area contributed by atoms with Crippen molar-refractivity contribution >= 4 is 34.2 Å². The Hall–Kier alpha value is -3.28. The van der Waals surface area contributed by atoms with Gasteiger partial charge in [0.2, 0.25) is 0 Å². The summed E-state index contributed by atoms with van der Waals surface area (Å²) in [6.07, 6.45) is 4.51. The Labute approximate surface area is 157 Å². The number of rotatable bonds is 3. The standard InChI is InChI=1S/C21H22N4O2/c1-22-21(27)24-14-11-9-13(10-12-14)23-20(26)17-7-4-6-16-15-5-2-3-8-18(15)25-19(16)17/h4,6-7,9-12,25H,2-3,5,8H2,1H3,(H,23,26)(H2,22,24,27). The fourth-order valence-electron chi connectivity index (χ4n) is 3.65. The lowest BCUT2D eigenvalue weighted by atomic mass is 9.95. The molecular formula is C21H22N4O2. The van der Waals surface area contributed by atoms with E-state index < -0.39 is 0 Å². The Morgan fingerprint density at radius 1 is 0.926 bits per heavy atom. The van der Waals surface area contributed by atoms with E-state index in [-0.39, 0.29) is 11.9 Å². The molecule has 1 heterocycles. The molecule has 1 aliphatic rings. The fraction of sp³-hybridized carbons (Fsp3) is 0.238. The van der Waals surface area contributed by atoms with Crippen LogP contribution in [0.1, 0.15) is 34.5 Å². The van der Waals surface area contributed by atoms with Crippen LogP contribution in [0.25, 0.3) is 10.9 Å². The van der Waals surface area contributed by atoms with E-state index >= 15 is 0 Å².